The third kappa shape index (κ3) is 2.80. The van der Waals surface area contributed by atoms with Crippen molar-refractivity contribution in [2.24, 2.45) is 0 Å². The summed E-state index contributed by atoms with van der Waals surface area (Å²) >= 11 is 0. The highest BCUT2D eigenvalue weighted by molar-refractivity contribution is 5.89. The molecule has 0 bridgehead atoms. The van der Waals surface area contributed by atoms with E-state index < -0.39 is 0 Å². The fourth-order valence-corrected chi connectivity index (χ4v) is 3.11. The minimum atomic E-state index is -0.178. The lowest BCUT2D eigenvalue weighted by molar-refractivity contribution is 0.782. The van der Waals surface area contributed by atoms with Gasteiger partial charge >= 0.3 is 0 Å². The molecule has 0 amide bonds. The zero-order valence-electron chi connectivity index (χ0n) is 13.2. The number of nitrogens with zero attached hydrogens (tertiary/aromatic N) is 5. The van der Waals surface area contributed by atoms with Crippen LogP contribution >= 0.6 is 0 Å². The Balaban J connectivity index is 1.58. The number of para-hydroxylation sites is 1. The fourth-order valence-electron chi connectivity index (χ4n) is 3.11. The van der Waals surface area contributed by atoms with E-state index in [4.69, 9.17) is 0 Å². The summed E-state index contributed by atoms with van der Waals surface area (Å²) in [6.07, 6.45) is 2.63. The summed E-state index contributed by atoms with van der Waals surface area (Å²) in [5.41, 5.74) is 0.786. The number of hydrogen-bond acceptors (Lipinski definition) is 6. The van der Waals surface area contributed by atoms with Crippen LogP contribution in [0.5, 0.6) is 0 Å². The summed E-state index contributed by atoms with van der Waals surface area (Å²) in [4.78, 5) is 24.5. The first kappa shape index (κ1) is 14.6. The van der Waals surface area contributed by atoms with Crippen LogP contribution in [0.3, 0.4) is 0 Å². The number of fused-ring (bicyclic) bond motifs is 1. The fraction of sp³-hybridized carbons (Fsp3) is 0.294. The first-order valence-electron chi connectivity index (χ1n) is 8.07. The van der Waals surface area contributed by atoms with Crippen LogP contribution in [0.4, 0.5) is 11.6 Å². The zero-order chi connectivity index (χ0) is 16.4. The first-order chi connectivity index (χ1) is 11.8. The topological polar surface area (TPSA) is 78.0 Å². The lowest BCUT2D eigenvalue weighted by Crippen LogP contribution is -2.32. The van der Waals surface area contributed by atoms with E-state index in [1.54, 1.807) is 12.4 Å². The maximum absolute atomic E-state index is 11.2. The van der Waals surface area contributed by atoms with Crippen LogP contribution in [0, 0.1) is 0 Å². The number of aromatic amines is 1. The second kappa shape index (κ2) is 6.27. The molecule has 1 aromatic carbocycles. The van der Waals surface area contributed by atoms with Gasteiger partial charge in [-0.25, -0.2) is 15.1 Å². The standard InChI is InChI=1S/C17H18N6O/c24-16-7-6-15(20-21-16)22-8-3-9-23(11-10-22)17-13-4-1-2-5-14(13)18-12-19-17/h1-2,4-7,12H,3,8-11H2,(H,21,24). The van der Waals surface area contributed by atoms with Crippen molar-refractivity contribution in [2.75, 3.05) is 36.0 Å². The van der Waals surface area contributed by atoms with Gasteiger partial charge in [-0.05, 0) is 24.6 Å². The molecule has 7 nitrogen and oxygen atoms in total. The largest absolute Gasteiger partial charge is 0.354 e. The van der Waals surface area contributed by atoms with Gasteiger partial charge in [0, 0.05) is 37.6 Å². The molecule has 0 atom stereocenters. The number of nitrogens with one attached hydrogen (secondary N) is 1. The Morgan fingerprint density at radius 2 is 1.75 bits per heavy atom. The number of anilines is 2. The molecule has 0 spiro atoms. The summed E-state index contributed by atoms with van der Waals surface area (Å²) in [5, 5.41) is 7.72. The van der Waals surface area contributed by atoms with Crippen LogP contribution in [0.25, 0.3) is 10.9 Å². The van der Waals surface area contributed by atoms with Gasteiger partial charge < -0.3 is 9.80 Å². The summed E-state index contributed by atoms with van der Waals surface area (Å²) in [6, 6.07) is 11.4. The first-order valence-corrected chi connectivity index (χ1v) is 8.07. The average molecular weight is 322 g/mol. The molecule has 1 aliphatic heterocycles. The maximum atomic E-state index is 11.2. The maximum Gasteiger partial charge on any atom is 0.264 e. The van der Waals surface area contributed by atoms with E-state index in [2.05, 4.69) is 36.0 Å². The van der Waals surface area contributed by atoms with Crippen LogP contribution in [0.1, 0.15) is 6.42 Å². The molecule has 24 heavy (non-hydrogen) atoms. The molecule has 1 aliphatic rings. The van der Waals surface area contributed by atoms with E-state index in [1.165, 1.54) is 6.07 Å². The molecule has 1 N–H and O–H groups in total. The molecule has 0 saturated carbocycles. The minimum absolute atomic E-state index is 0.178. The van der Waals surface area contributed by atoms with E-state index in [9.17, 15) is 4.79 Å². The van der Waals surface area contributed by atoms with Crippen molar-refractivity contribution in [3.63, 3.8) is 0 Å². The summed E-state index contributed by atoms with van der Waals surface area (Å²) in [5.74, 6) is 1.79. The van der Waals surface area contributed by atoms with Gasteiger partial charge in [-0.3, -0.25) is 4.79 Å². The highest BCUT2D eigenvalue weighted by Gasteiger charge is 2.18. The summed E-state index contributed by atoms with van der Waals surface area (Å²) < 4.78 is 0. The molecular formula is C17H18N6O. The Morgan fingerprint density at radius 3 is 2.62 bits per heavy atom. The number of aromatic nitrogens is 4. The van der Waals surface area contributed by atoms with Gasteiger partial charge in [0.15, 0.2) is 0 Å². The van der Waals surface area contributed by atoms with Gasteiger partial charge in [-0.2, -0.15) is 5.10 Å². The monoisotopic (exact) mass is 322 g/mol. The van der Waals surface area contributed by atoms with Crippen LogP contribution in [-0.2, 0) is 0 Å². The molecule has 122 valence electrons. The van der Waals surface area contributed by atoms with Crippen molar-refractivity contribution >= 4 is 22.5 Å². The highest BCUT2D eigenvalue weighted by atomic mass is 16.1. The van der Waals surface area contributed by atoms with Gasteiger partial charge in [0.1, 0.15) is 18.0 Å². The van der Waals surface area contributed by atoms with E-state index in [0.717, 1.165) is 55.1 Å². The molecule has 0 radical (unpaired) electrons. The van der Waals surface area contributed by atoms with Crippen molar-refractivity contribution in [1.29, 1.82) is 0 Å². The smallest absolute Gasteiger partial charge is 0.264 e. The van der Waals surface area contributed by atoms with E-state index in [-0.39, 0.29) is 5.56 Å². The molecule has 0 aliphatic carbocycles. The van der Waals surface area contributed by atoms with Gasteiger partial charge in [0.05, 0.1) is 5.52 Å². The molecule has 2 aromatic heterocycles. The number of rotatable bonds is 2. The van der Waals surface area contributed by atoms with Crippen molar-refractivity contribution in [3.05, 3.63) is 53.1 Å². The average Bonchev–Trinajstić information content (AvgIpc) is 2.88. The lowest BCUT2D eigenvalue weighted by atomic mass is 10.2. The quantitative estimate of drug-likeness (QED) is 0.769. The Labute approximate surface area is 139 Å². The normalized spacial score (nSPS) is 15.5. The lowest BCUT2D eigenvalue weighted by Gasteiger charge is -2.23. The van der Waals surface area contributed by atoms with Crippen molar-refractivity contribution in [2.45, 2.75) is 6.42 Å². The number of benzene rings is 1. The predicted molar refractivity (Wildman–Crippen MR) is 93.4 cm³/mol. The Bertz CT molecular complexity index is 883. The second-order valence-electron chi connectivity index (χ2n) is 5.82. The Morgan fingerprint density at radius 1 is 0.917 bits per heavy atom. The Hall–Kier alpha value is -2.96. The van der Waals surface area contributed by atoms with Crippen LogP contribution in [0.15, 0.2) is 47.5 Å². The molecule has 1 saturated heterocycles. The molecule has 7 heteroatoms. The third-order valence-corrected chi connectivity index (χ3v) is 4.31. The van der Waals surface area contributed by atoms with Crippen molar-refractivity contribution in [1.82, 2.24) is 20.2 Å². The molecule has 3 aromatic rings. The van der Waals surface area contributed by atoms with Gasteiger partial charge in [0.2, 0.25) is 0 Å². The van der Waals surface area contributed by atoms with Crippen molar-refractivity contribution < 1.29 is 0 Å². The summed E-state index contributed by atoms with van der Waals surface area (Å²) in [7, 11) is 0. The van der Waals surface area contributed by atoms with Crippen molar-refractivity contribution in [3.8, 4) is 0 Å². The van der Waals surface area contributed by atoms with E-state index >= 15 is 0 Å². The highest BCUT2D eigenvalue weighted by Crippen LogP contribution is 2.24. The number of H-pyrrole nitrogens is 1. The molecule has 0 unspecified atom stereocenters. The van der Waals surface area contributed by atoms with Gasteiger partial charge in [0.25, 0.3) is 5.56 Å². The SMILES string of the molecule is O=c1ccc(N2CCCN(c3ncnc4ccccc34)CC2)n[nH]1. The van der Waals surface area contributed by atoms with E-state index in [0.29, 0.717) is 0 Å². The minimum Gasteiger partial charge on any atom is -0.354 e. The second-order valence-corrected chi connectivity index (χ2v) is 5.82. The van der Waals surface area contributed by atoms with Crippen LogP contribution in [0.2, 0.25) is 0 Å². The number of hydrogen-bond donors (Lipinski definition) is 1. The van der Waals surface area contributed by atoms with Gasteiger partial charge in [-0.15, -0.1) is 0 Å². The van der Waals surface area contributed by atoms with Crippen LogP contribution < -0.4 is 15.4 Å². The van der Waals surface area contributed by atoms with Gasteiger partial charge in [-0.1, -0.05) is 12.1 Å². The third-order valence-electron chi connectivity index (χ3n) is 4.31. The predicted octanol–water partition coefficient (Wildman–Crippen LogP) is 1.43. The summed E-state index contributed by atoms with van der Waals surface area (Å²) in [6.45, 7) is 3.51. The van der Waals surface area contributed by atoms with Crippen LogP contribution in [-0.4, -0.2) is 46.3 Å². The zero-order valence-corrected chi connectivity index (χ0v) is 13.2. The molecule has 3 heterocycles. The molecular weight excluding hydrogens is 304 g/mol. The Kier molecular flexibility index (Phi) is 3.82. The molecule has 4 rings (SSSR count). The van der Waals surface area contributed by atoms with E-state index in [1.807, 2.05) is 18.2 Å². The molecule has 1 fully saturated rings.